The van der Waals surface area contributed by atoms with E-state index in [-0.39, 0.29) is 11.4 Å². The predicted molar refractivity (Wildman–Crippen MR) is 67.2 cm³/mol. The molecule has 1 amide bonds. The molecule has 2 aromatic rings. The summed E-state index contributed by atoms with van der Waals surface area (Å²) in [5.41, 5.74) is 0.216. The van der Waals surface area contributed by atoms with E-state index in [1.54, 1.807) is 13.0 Å². The molecule has 0 aliphatic heterocycles. The second-order valence-electron chi connectivity index (χ2n) is 4.07. The molecule has 3 nitrogen and oxygen atoms in total. The van der Waals surface area contributed by atoms with Gasteiger partial charge in [-0.05, 0) is 36.8 Å². The van der Waals surface area contributed by atoms with Crippen LogP contribution < -0.4 is 5.32 Å². The number of nitrogens with one attached hydrogen (secondary N) is 1. The monoisotopic (exact) mass is 263 g/mol. The fraction of sp³-hybridized carbons (Fsp3) is 0.0714. The minimum atomic E-state index is -0.955. The molecule has 0 aliphatic carbocycles. The highest BCUT2D eigenvalue weighted by Crippen LogP contribution is 2.25. The van der Waals surface area contributed by atoms with Crippen molar-refractivity contribution in [1.29, 1.82) is 0 Å². The minimum absolute atomic E-state index is 0.0956. The lowest BCUT2D eigenvalue weighted by Crippen LogP contribution is -2.15. The quantitative estimate of drug-likeness (QED) is 0.817. The van der Waals surface area contributed by atoms with Crippen molar-refractivity contribution in [2.45, 2.75) is 6.92 Å². The fourth-order valence-corrected chi connectivity index (χ4v) is 1.65. The van der Waals surface area contributed by atoms with Gasteiger partial charge in [0.25, 0.3) is 5.91 Å². The summed E-state index contributed by atoms with van der Waals surface area (Å²) >= 11 is 0. The van der Waals surface area contributed by atoms with E-state index in [9.17, 15) is 18.7 Å². The lowest BCUT2D eigenvalue weighted by Gasteiger charge is -2.09. The molecule has 0 saturated heterocycles. The van der Waals surface area contributed by atoms with E-state index in [1.807, 2.05) is 0 Å². The van der Waals surface area contributed by atoms with Crippen molar-refractivity contribution < 1.29 is 18.7 Å². The normalized spacial score (nSPS) is 10.3. The van der Waals surface area contributed by atoms with Gasteiger partial charge < -0.3 is 10.4 Å². The second-order valence-corrected chi connectivity index (χ2v) is 4.07. The third kappa shape index (κ3) is 2.70. The first-order valence-corrected chi connectivity index (χ1v) is 5.54. The van der Waals surface area contributed by atoms with Crippen LogP contribution in [0, 0.1) is 18.6 Å². The summed E-state index contributed by atoms with van der Waals surface area (Å²) in [6.07, 6.45) is 0. The zero-order chi connectivity index (χ0) is 14.0. The number of anilines is 1. The molecule has 0 heterocycles. The Balaban J connectivity index is 2.31. The Labute approximate surface area is 108 Å². The van der Waals surface area contributed by atoms with Crippen molar-refractivity contribution in [3.63, 3.8) is 0 Å². The molecule has 2 N–H and O–H groups in total. The van der Waals surface area contributed by atoms with Crippen molar-refractivity contribution in [2.75, 3.05) is 5.32 Å². The Hall–Kier alpha value is -2.43. The van der Waals surface area contributed by atoms with Gasteiger partial charge in [0.2, 0.25) is 0 Å². The molecule has 0 fully saturated rings. The first-order chi connectivity index (χ1) is 8.99. The summed E-state index contributed by atoms with van der Waals surface area (Å²) in [6.45, 7) is 1.77. The lowest BCUT2D eigenvalue weighted by molar-refractivity contribution is 0.101. The van der Waals surface area contributed by atoms with Crippen molar-refractivity contribution in [3.05, 3.63) is 59.2 Å². The van der Waals surface area contributed by atoms with Gasteiger partial charge in [0.05, 0.1) is 5.69 Å². The third-order valence-corrected chi connectivity index (χ3v) is 2.59. The van der Waals surface area contributed by atoms with E-state index in [1.165, 1.54) is 18.2 Å². The van der Waals surface area contributed by atoms with Crippen LogP contribution >= 0.6 is 0 Å². The zero-order valence-corrected chi connectivity index (χ0v) is 10.1. The molecule has 2 rings (SSSR count). The van der Waals surface area contributed by atoms with E-state index in [0.717, 1.165) is 17.7 Å². The zero-order valence-electron chi connectivity index (χ0n) is 10.1. The maximum atomic E-state index is 13.4. The molecule has 0 bridgehead atoms. The highest BCUT2D eigenvalue weighted by atomic mass is 19.1. The number of benzene rings is 2. The molecular weight excluding hydrogens is 252 g/mol. The van der Waals surface area contributed by atoms with Gasteiger partial charge in [-0.25, -0.2) is 8.78 Å². The number of amides is 1. The number of phenols is 1. The topological polar surface area (TPSA) is 49.3 Å². The van der Waals surface area contributed by atoms with Crippen LogP contribution in [-0.2, 0) is 0 Å². The largest absolute Gasteiger partial charge is 0.506 e. The number of hydrogen-bond acceptors (Lipinski definition) is 2. The van der Waals surface area contributed by atoms with Crippen molar-refractivity contribution in [2.24, 2.45) is 0 Å². The average Bonchev–Trinajstić information content (AvgIpc) is 2.32. The van der Waals surface area contributed by atoms with Crippen LogP contribution in [0.25, 0.3) is 0 Å². The van der Waals surface area contributed by atoms with Crippen LogP contribution in [0.1, 0.15) is 15.9 Å². The third-order valence-electron chi connectivity index (χ3n) is 2.59. The van der Waals surface area contributed by atoms with Crippen molar-refractivity contribution in [1.82, 2.24) is 0 Å². The standard InChI is InChI=1S/C14H11F2NO2/c1-8-5-6-11(12(18)7-8)17-14(19)13-9(15)3-2-4-10(13)16/h2-7,18H,1H3,(H,17,19). The number of halogens is 2. The summed E-state index contributed by atoms with van der Waals surface area (Å²) in [7, 11) is 0. The molecule has 0 saturated carbocycles. The number of carbonyl (C=O) groups excluding carboxylic acids is 1. The second kappa shape index (κ2) is 5.06. The number of aryl methyl sites for hydroxylation is 1. The predicted octanol–water partition coefficient (Wildman–Crippen LogP) is 3.23. The van der Waals surface area contributed by atoms with Gasteiger partial charge in [0.1, 0.15) is 22.9 Å². The highest BCUT2D eigenvalue weighted by Gasteiger charge is 2.18. The first kappa shape index (κ1) is 13.0. The van der Waals surface area contributed by atoms with Crippen molar-refractivity contribution >= 4 is 11.6 Å². The molecular formula is C14H11F2NO2. The molecule has 0 unspecified atom stereocenters. The van der Waals surface area contributed by atoms with Crippen LogP contribution in [0.3, 0.4) is 0 Å². The molecule has 19 heavy (non-hydrogen) atoms. The van der Waals surface area contributed by atoms with Gasteiger partial charge in [-0.2, -0.15) is 0 Å². The number of rotatable bonds is 2. The van der Waals surface area contributed by atoms with Crippen LogP contribution in [-0.4, -0.2) is 11.0 Å². The Morgan fingerprint density at radius 3 is 2.37 bits per heavy atom. The Morgan fingerprint density at radius 1 is 1.16 bits per heavy atom. The summed E-state index contributed by atoms with van der Waals surface area (Å²) in [5.74, 6) is -3.02. The Bertz CT molecular complexity index is 621. The van der Waals surface area contributed by atoms with E-state index in [2.05, 4.69) is 5.32 Å². The number of hydrogen-bond donors (Lipinski definition) is 2. The average molecular weight is 263 g/mol. The molecule has 0 aliphatic rings. The van der Waals surface area contributed by atoms with Gasteiger partial charge in [0.15, 0.2) is 0 Å². The maximum Gasteiger partial charge on any atom is 0.261 e. The fourth-order valence-electron chi connectivity index (χ4n) is 1.65. The van der Waals surface area contributed by atoms with E-state index in [0.29, 0.717) is 0 Å². The van der Waals surface area contributed by atoms with Crippen LogP contribution in [0.2, 0.25) is 0 Å². The van der Waals surface area contributed by atoms with Gasteiger partial charge >= 0.3 is 0 Å². The van der Waals surface area contributed by atoms with Crippen molar-refractivity contribution in [3.8, 4) is 5.75 Å². The van der Waals surface area contributed by atoms with Crippen LogP contribution in [0.5, 0.6) is 5.75 Å². The van der Waals surface area contributed by atoms with E-state index in [4.69, 9.17) is 0 Å². The lowest BCUT2D eigenvalue weighted by atomic mass is 10.1. The smallest absolute Gasteiger partial charge is 0.261 e. The Kier molecular flexibility index (Phi) is 3.46. The molecule has 0 atom stereocenters. The summed E-state index contributed by atoms with van der Waals surface area (Å²) in [6, 6.07) is 7.71. The SMILES string of the molecule is Cc1ccc(NC(=O)c2c(F)cccc2F)c(O)c1. The van der Waals surface area contributed by atoms with Crippen LogP contribution in [0.15, 0.2) is 36.4 Å². The Morgan fingerprint density at radius 2 is 1.79 bits per heavy atom. The molecule has 2 aromatic carbocycles. The number of phenolic OH excluding ortho intramolecular Hbond substituents is 1. The molecule has 0 spiro atoms. The highest BCUT2D eigenvalue weighted by molar-refractivity contribution is 6.05. The summed E-state index contributed by atoms with van der Waals surface area (Å²) < 4.78 is 26.8. The molecule has 98 valence electrons. The minimum Gasteiger partial charge on any atom is -0.506 e. The van der Waals surface area contributed by atoms with Gasteiger partial charge in [-0.1, -0.05) is 12.1 Å². The molecule has 0 aromatic heterocycles. The molecule has 0 radical (unpaired) electrons. The van der Waals surface area contributed by atoms with Gasteiger partial charge in [0, 0.05) is 0 Å². The van der Waals surface area contributed by atoms with E-state index < -0.39 is 23.1 Å². The van der Waals surface area contributed by atoms with E-state index >= 15 is 0 Å². The first-order valence-electron chi connectivity index (χ1n) is 5.54. The maximum absolute atomic E-state index is 13.4. The van der Waals surface area contributed by atoms with Gasteiger partial charge in [-0.3, -0.25) is 4.79 Å². The number of carbonyl (C=O) groups is 1. The summed E-state index contributed by atoms with van der Waals surface area (Å²) in [5, 5.41) is 11.9. The van der Waals surface area contributed by atoms with Gasteiger partial charge in [-0.15, -0.1) is 0 Å². The summed E-state index contributed by atoms with van der Waals surface area (Å²) in [4.78, 5) is 11.8. The molecule has 5 heteroatoms. The van der Waals surface area contributed by atoms with Crippen LogP contribution in [0.4, 0.5) is 14.5 Å². The number of aromatic hydroxyl groups is 1.